The van der Waals surface area contributed by atoms with Crippen molar-refractivity contribution in [3.63, 3.8) is 0 Å². The van der Waals surface area contributed by atoms with Crippen LogP contribution in [-0.4, -0.2) is 28.0 Å². The Labute approximate surface area is 165 Å². The molecule has 0 saturated carbocycles. The predicted molar refractivity (Wildman–Crippen MR) is 109 cm³/mol. The molecule has 3 rings (SSSR count). The molecule has 0 aliphatic carbocycles. The van der Waals surface area contributed by atoms with Crippen molar-refractivity contribution in [3.05, 3.63) is 84.4 Å². The number of nitrogens with two attached hydrogens (primary N) is 1. The summed E-state index contributed by atoms with van der Waals surface area (Å²) in [6, 6.07) is 17.2. The first-order valence-corrected chi connectivity index (χ1v) is 9.45. The molecule has 0 aliphatic heterocycles. The maximum absolute atomic E-state index is 12.2. The van der Waals surface area contributed by atoms with Gasteiger partial charge in [-0.1, -0.05) is 42.5 Å². The summed E-state index contributed by atoms with van der Waals surface area (Å²) < 4.78 is 7.76. The fourth-order valence-electron chi connectivity index (χ4n) is 2.83. The SMILES string of the molecule is NC(Cc1ccc(OCc2ccccc2)cc1)C(=O)NCCCn1ccnc1. The zero-order valence-corrected chi connectivity index (χ0v) is 15.8. The average molecular weight is 378 g/mol. The number of nitrogens with zero attached hydrogens (tertiary/aromatic N) is 2. The number of nitrogens with one attached hydrogen (secondary N) is 1. The molecule has 1 amide bonds. The van der Waals surface area contributed by atoms with Crippen molar-refractivity contribution in [1.82, 2.24) is 14.9 Å². The van der Waals surface area contributed by atoms with Crippen molar-refractivity contribution in [2.75, 3.05) is 6.54 Å². The maximum Gasteiger partial charge on any atom is 0.237 e. The number of ether oxygens (including phenoxy) is 1. The molecule has 2 aromatic carbocycles. The van der Waals surface area contributed by atoms with Crippen LogP contribution in [0.25, 0.3) is 0 Å². The highest BCUT2D eigenvalue weighted by molar-refractivity contribution is 5.81. The molecule has 1 atom stereocenters. The number of hydrogen-bond acceptors (Lipinski definition) is 4. The Morgan fingerprint density at radius 2 is 1.89 bits per heavy atom. The molecule has 3 N–H and O–H groups in total. The van der Waals surface area contributed by atoms with E-state index in [4.69, 9.17) is 10.5 Å². The Morgan fingerprint density at radius 3 is 2.61 bits per heavy atom. The number of rotatable bonds is 10. The topological polar surface area (TPSA) is 82.2 Å². The summed E-state index contributed by atoms with van der Waals surface area (Å²) in [7, 11) is 0. The third kappa shape index (κ3) is 6.25. The zero-order valence-electron chi connectivity index (χ0n) is 15.8. The van der Waals surface area contributed by atoms with Crippen LogP contribution in [0.15, 0.2) is 73.3 Å². The predicted octanol–water partition coefficient (Wildman–Crippen LogP) is 2.54. The monoisotopic (exact) mass is 378 g/mol. The first-order chi connectivity index (χ1) is 13.7. The molecule has 0 aliphatic rings. The van der Waals surface area contributed by atoms with E-state index in [0.717, 1.165) is 29.8 Å². The van der Waals surface area contributed by atoms with Gasteiger partial charge in [0.05, 0.1) is 12.4 Å². The van der Waals surface area contributed by atoms with Crippen molar-refractivity contribution in [2.45, 2.75) is 32.0 Å². The summed E-state index contributed by atoms with van der Waals surface area (Å²) >= 11 is 0. The minimum Gasteiger partial charge on any atom is -0.489 e. The second-order valence-corrected chi connectivity index (χ2v) is 6.67. The molecule has 1 heterocycles. The smallest absolute Gasteiger partial charge is 0.237 e. The fraction of sp³-hybridized carbons (Fsp3) is 0.273. The van der Waals surface area contributed by atoms with Crippen LogP contribution in [0.4, 0.5) is 0 Å². The minimum atomic E-state index is -0.565. The highest BCUT2D eigenvalue weighted by atomic mass is 16.5. The summed E-state index contributed by atoms with van der Waals surface area (Å²) in [5.41, 5.74) is 8.17. The lowest BCUT2D eigenvalue weighted by Gasteiger charge is -2.13. The van der Waals surface area contributed by atoms with Crippen LogP contribution in [0, 0.1) is 0 Å². The number of imidazole rings is 1. The van der Waals surface area contributed by atoms with Crippen LogP contribution >= 0.6 is 0 Å². The van der Waals surface area contributed by atoms with Gasteiger partial charge in [0.15, 0.2) is 0 Å². The van der Waals surface area contributed by atoms with E-state index in [1.807, 2.05) is 65.4 Å². The molecule has 0 saturated heterocycles. The van der Waals surface area contributed by atoms with Gasteiger partial charge < -0.3 is 20.4 Å². The summed E-state index contributed by atoms with van der Waals surface area (Å²) in [4.78, 5) is 16.1. The second kappa shape index (κ2) is 10.3. The third-order valence-corrected chi connectivity index (χ3v) is 4.42. The molecule has 0 fully saturated rings. The number of aromatic nitrogens is 2. The van der Waals surface area contributed by atoms with Gasteiger partial charge >= 0.3 is 0 Å². The molecule has 6 heteroatoms. The summed E-state index contributed by atoms with van der Waals surface area (Å²) in [6.45, 7) is 1.94. The molecule has 1 unspecified atom stereocenters. The fourth-order valence-corrected chi connectivity index (χ4v) is 2.83. The van der Waals surface area contributed by atoms with E-state index in [-0.39, 0.29) is 5.91 Å². The molecule has 3 aromatic rings. The quantitative estimate of drug-likeness (QED) is 0.531. The number of hydrogen-bond donors (Lipinski definition) is 2. The molecule has 0 bridgehead atoms. The lowest BCUT2D eigenvalue weighted by atomic mass is 10.1. The third-order valence-electron chi connectivity index (χ3n) is 4.42. The lowest BCUT2D eigenvalue weighted by molar-refractivity contribution is -0.122. The highest BCUT2D eigenvalue weighted by Gasteiger charge is 2.13. The van der Waals surface area contributed by atoms with Gasteiger partial charge in [0.2, 0.25) is 5.91 Å². The summed E-state index contributed by atoms with van der Waals surface area (Å²) in [6.07, 6.45) is 6.74. The molecule has 1 aromatic heterocycles. The second-order valence-electron chi connectivity index (χ2n) is 6.67. The first-order valence-electron chi connectivity index (χ1n) is 9.45. The largest absolute Gasteiger partial charge is 0.489 e. The van der Waals surface area contributed by atoms with Crippen LogP contribution in [0.2, 0.25) is 0 Å². The summed E-state index contributed by atoms with van der Waals surface area (Å²) in [5.74, 6) is 0.667. The molecular formula is C22H26N4O2. The van der Waals surface area contributed by atoms with Gasteiger partial charge in [-0.05, 0) is 36.1 Å². The van der Waals surface area contributed by atoms with E-state index < -0.39 is 6.04 Å². The van der Waals surface area contributed by atoms with Crippen molar-refractivity contribution >= 4 is 5.91 Å². The molecule has 0 spiro atoms. The Bertz CT molecular complexity index is 833. The van der Waals surface area contributed by atoms with E-state index in [2.05, 4.69) is 10.3 Å². The van der Waals surface area contributed by atoms with E-state index >= 15 is 0 Å². The number of benzene rings is 2. The van der Waals surface area contributed by atoms with Crippen LogP contribution in [0.5, 0.6) is 5.75 Å². The average Bonchev–Trinajstić information content (AvgIpc) is 3.25. The first kappa shape index (κ1) is 19.6. The Kier molecular flexibility index (Phi) is 7.21. The molecule has 28 heavy (non-hydrogen) atoms. The standard InChI is InChI=1S/C22H26N4O2/c23-21(22(27)25-11-4-13-26-14-12-24-17-26)15-18-7-9-20(10-8-18)28-16-19-5-2-1-3-6-19/h1-3,5-10,12,14,17,21H,4,11,13,15-16,23H2,(H,25,27). The highest BCUT2D eigenvalue weighted by Crippen LogP contribution is 2.15. The molecular weight excluding hydrogens is 352 g/mol. The number of carbonyl (C=O) groups is 1. The zero-order chi connectivity index (χ0) is 19.6. The van der Waals surface area contributed by atoms with Gasteiger partial charge in [-0.3, -0.25) is 4.79 Å². The van der Waals surface area contributed by atoms with Gasteiger partial charge in [0, 0.05) is 25.5 Å². The number of aryl methyl sites for hydroxylation is 1. The lowest BCUT2D eigenvalue weighted by Crippen LogP contribution is -2.42. The van der Waals surface area contributed by atoms with E-state index in [9.17, 15) is 4.79 Å². The Hall–Kier alpha value is -3.12. The van der Waals surface area contributed by atoms with Crippen LogP contribution in [-0.2, 0) is 24.4 Å². The van der Waals surface area contributed by atoms with Gasteiger partial charge in [-0.2, -0.15) is 0 Å². The Morgan fingerprint density at radius 1 is 1.11 bits per heavy atom. The molecule has 0 radical (unpaired) electrons. The molecule has 6 nitrogen and oxygen atoms in total. The number of amides is 1. The van der Waals surface area contributed by atoms with Crippen molar-refractivity contribution < 1.29 is 9.53 Å². The van der Waals surface area contributed by atoms with E-state index in [1.54, 1.807) is 12.5 Å². The van der Waals surface area contributed by atoms with Crippen LogP contribution in [0.1, 0.15) is 17.5 Å². The molecule has 146 valence electrons. The van der Waals surface area contributed by atoms with Crippen LogP contribution in [0.3, 0.4) is 0 Å². The van der Waals surface area contributed by atoms with Gasteiger partial charge in [-0.15, -0.1) is 0 Å². The van der Waals surface area contributed by atoms with Crippen LogP contribution < -0.4 is 15.8 Å². The van der Waals surface area contributed by atoms with E-state index in [1.165, 1.54) is 0 Å². The van der Waals surface area contributed by atoms with Gasteiger partial charge in [-0.25, -0.2) is 4.98 Å². The summed E-state index contributed by atoms with van der Waals surface area (Å²) in [5, 5.41) is 2.89. The van der Waals surface area contributed by atoms with Crippen molar-refractivity contribution in [3.8, 4) is 5.75 Å². The van der Waals surface area contributed by atoms with E-state index in [0.29, 0.717) is 19.6 Å². The minimum absolute atomic E-state index is 0.130. The van der Waals surface area contributed by atoms with Crippen molar-refractivity contribution in [1.29, 1.82) is 0 Å². The van der Waals surface area contributed by atoms with Gasteiger partial charge in [0.1, 0.15) is 12.4 Å². The number of carbonyl (C=O) groups excluding carboxylic acids is 1. The van der Waals surface area contributed by atoms with Crippen molar-refractivity contribution in [2.24, 2.45) is 5.73 Å². The maximum atomic E-state index is 12.2. The van der Waals surface area contributed by atoms with Gasteiger partial charge in [0.25, 0.3) is 0 Å². The normalized spacial score (nSPS) is 11.8. The Balaban J connectivity index is 1.38.